The van der Waals surface area contributed by atoms with Gasteiger partial charge in [0.1, 0.15) is 0 Å². The van der Waals surface area contributed by atoms with E-state index in [4.69, 9.17) is 4.74 Å². The van der Waals surface area contributed by atoms with E-state index in [1.807, 2.05) is 17.9 Å². The highest BCUT2D eigenvalue weighted by molar-refractivity contribution is 5.85. The second-order valence-corrected chi connectivity index (χ2v) is 4.88. The maximum Gasteiger partial charge on any atom is 0.0594 e. The van der Waals surface area contributed by atoms with E-state index >= 15 is 0 Å². The highest BCUT2D eigenvalue weighted by Crippen LogP contribution is 2.04. The van der Waals surface area contributed by atoms with Gasteiger partial charge in [0, 0.05) is 26.7 Å². The lowest BCUT2D eigenvalue weighted by atomic mass is 10.2. The predicted molar refractivity (Wildman–Crippen MR) is 86.0 cm³/mol. The van der Waals surface area contributed by atoms with E-state index in [9.17, 15) is 0 Å². The Labute approximate surface area is 133 Å². The third-order valence-corrected chi connectivity index (χ3v) is 3.49. The van der Waals surface area contributed by atoms with Gasteiger partial charge in [-0.2, -0.15) is 5.10 Å². The molecule has 0 aromatic carbocycles. The number of rotatable bonds is 6. The molecule has 0 atom stereocenters. The van der Waals surface area contributed by atoms with Gasteiger partial charge in [0.25, 0.3) is 0 Å². The first-order valence-electron chi connectivity index (χ1n) is 6.75. The molecule has 1 N–H and O–H groups in total. The normalized spacial score (nSPS) is 15.5. The Hall–Kier alpha value is -0.330. The first-order chi connectivity index (χ1) is 8.77. The minimum absolute atomic E-state index is 0. The van der Waals surface area contributed by atoms with E-state index in [-0.39, 0.29) is 24.8 Å². The van der Waals surface area contributed by atoms with Crippen molar-refractivity contribution in [2.75, 3.05) is 39.4 Å². The average Bonchev–Trinajstić information content (AvgIpc) is 2.71. The second-order valence-electron chi connectivity index (χ2n) is 4.88. The van der Waals surface area contributed by atoms with Gasteiger partial charge in [-0.3, -0.25) is 9.58 Å². The molecule has 0 amide bonds. The van der Waals surface area contributed by atoms with Gasteiger partial charge in [0.15, 0.2) is 0 Å². The van der Waals surface area contributed by atoms with Gasteiger partial charge in [-0.25, -0.2) is 0 Å². The third kappa shape index (κ3) is 5.97. The number of ether oxygens (including phenoxy) is 1. The standard InChI is InChI=1S/C13H24N4O.2ClH/c1-12-10-15-16(2)13(12)11-14-4-3-5-17-6-8-18-9-7-17;;/h10,14H,3-9,11H2,1-2H3;2*1H. The number of nitrogens with one attached hydrogen (secondary N) is 1. The number of morpholine rings is 1. The van der Waals surface area contributed by atoms with Crippen molar-refractivity contribution in [2.45, 2.75) is 19.9 Å². The largest absolute Gasteiger partial charge is 0.379 e. The zero-order valence-corrected chi connectivity index (χ0v) is 13.9. The van der Waals surface area contributed by atoms with Gasteiger partial charge in [-0.15, -0.1) is 24.8 Å². The van der Waals surface area contributed by atoms with Crippen LogP contribution >= 0.6 is 24.8 Å². The molecule has 0 unspecified atom stereocenters. The van der Waals surface area contributed by atoms with Crippen molar-refractivity contribution in [2.24, 2.45) is 7.05 Å². The summed E-state index contributed by atoms with van der Waals surface area (Å²) in [5, 5.41) is 7.73. The Morgan fingerprint density at radius 1 is 1.30 bits per heavy atom. The summed E-state index contributed by atoms with van der Waals surface area (Å²) >= 11 is 0. The molecule has 1 aromatic rings. The van der Waals surface area contributed by atoms with Crippen molar-refractivity contribution in [1.29, 1.82) is 0 Å². The lowest BCUT2D eigenvalue weighted by Crippen LogP contribution is -2.37. The summed E-state index contributed by atoms with van der Waals surface area (Å²) in [5.41, 5.74) is 2.54. The van der Waals surface area contributed by atoms with Gasteiger partial charge >= 0.3 is 0 Å². The fourth-order valence-electron chi connectivity index (χ4n) is 2.29. The van der Waals surface area contributed by atoms with Crippen molar-refractivity contribution in [1.82, 2.24) is 20.0 Å². The van der Waals surface area contributed by atoms with Crippen LogP contribution in [0.3, 0.4) is 0 Å². The summed E-state index contributed by atoms with van der Waals surface area (Å²) in [4.78, 5) is 2.47. The Kier molecular flexibility index (Phi) is 10.2. The van der Waals surface area contributed by atoms with Crippen molar-refractivity contribution in [3.05, 3.63) is 17.5 Å². The molecule has 1 aromatic heterocycles. The minimum Gasteiger partial charge on any atom is -0.379 e. The van der Waals surface area contributed by atoms with E-state index in [0.29, 0.717) is 0 Å². The van der Waals surface area contributed by atoms with E-state index in [1.165, 1.54) is 24.2 Å². The molecule has 118 valence electrons. The maximum atomic E-state index is 5.34. The quantitative estimate of drug-likeness (QED) is 0.803. The molecule has 0 aliphatic carbocycles. The number of nitrogens with zero attached hydrogens (tertiary/aromatic N) is 3. The molecule has 0 bridgehead atoms. The fraction of sp³-hybridized carbons (Fsp3) is 0.769. The van der Waals surface area contributed by atoms with Gasteiger partial charge in [0.2, 0.25) is 0 Å². The summed E-state index contributed by atoms with van der Waals surface area (Å²) in [7, 11) is 2.00. The van der Waals surface area contributed by atoms with E-state index in [1.54, 1.807) is 0 Å². The third-order valence-electron chi connectivity index (χ3n) is 3.49. The van der Waals surface area contributed by atoms with E-state index in [2.05, 4.69) is 22.2 Å². The molecule has 0 saturated carbocycles. The molecular weight excluding hydrogens is 299 g/mol. The number of aryl methyl sites for hydroxylation is 2. The molecule has 2 rings (SSSR count). The predicted octanol–water partition coefficient (Wildman–Crippen LogP) is 1.38. The summed E-state index contributed by atoms with van der Waals surface area (Å²) in [5.74, 6) is 0. The number of hydrogen-bond acceptors (Lipinski definition) is 4. The molecule has 1 fully saturated rings. The van der Waals surface area contributed by atoms with Crippen LogP contribution in [0.2, 0.25) is 0 Å². The van der Waals surface area contributed by atoms with Crippen molar-refractivity contribution >= 4 is 24.8 Å². The SMILES string of the molecule is Cc1cnn(C)c1CNCCCN1CCOCC1.Cl.Cl. The van der Waals surface area contributed by atoms with Crippen molar-refractivity contribution in [3.63, 3.8) is 0 Å². The zero-order valence-electron chi connectivity index (χ0n) is 12.3. The Morgan fingerprint density at radius 2 is 2.00 bits per heavy atom. The lowest BCUT2D eigenvalue weighted by Gasteiger charge is -2.26. The number of halogens is 2. The van der Waals surface area contributed by atoms with Crippen LogP contribution in [0.15, 0.2) is 6.20 Å². The van der Waals surface area contributed by atoms with Crippen molar-refractivity contribution < 1.29 is 4.74 Å². The van der Waals surface area contributed by atoms with Crippen molar-refractivity contribution in [3.8, 4) is 0 Å². The molecule has 1 aliphatic rings. The molecule has 20 heavy (non-hydrogen) atoms. The second kappa shape index (κ2) is 10.4. The molecule has 0 radical (unpaired) electrons. The first kappa shape index (κ1) is 19.7. The summed E-state index contributed by atoms with van der Waals surface area (Å²) in [6, 6.07) is 0. The molecule has 1 saturated heterocycles. The monoisotopic (exact) mass is 324 g/mol. The molecule has 1 aliphatic heterocycles. The van der Waals surface area contributed by atoms with Crippen LogP contribution in [0.4, 0.5) is 0 Å². The van der Waals surface area contributed by atoms with Gasteiger partial charge in [-0.05, 0) is 32.0 Å². The molecule has 5 nitrogen and oxygen atoms in total. The molecule has 0 spiro atoms. The summed E-state index contributed by atoms with van der Waals surface area (Å²) in [6.45, 7) is 9.19. The van der Waals surface area contributed by atoms with Gasteiger partial charge in [0.05, 0.1) is 25.1 Å². The maximum absolute atomic E-state index is 5.34. The summed E-state index contributed by atoms with van der Waals surface area (Å²) in [6.07, 6.45) is 3.11. The molecule has 2 heterocycles. The van der Waals surface area contributed by atoms with E-state index < -0.39 is 0 Å². The van der Waals surface area contributed by atoms with Crippen LogP contribution in [0.5, 0.6) is 0 Å². The van der Waals surface area contributed by atoms with E-state index in [0.717, 1.165) is 39.4 Å². The molecule has 7 heteroatoms. The summed E-state index contributed by atoms with van der Waals surface area (Å²) < 4.78 is 7.28. The highest BCUT2D eigenvalue weighted by Gasteiger charge is 2.09. The van der Waals surface area contributed by atoms with Crippen LogP contribution in [0.1, 0.15) is 17.7 Å². The van der Waals surface area contributed by atoms with Crippen LogP contribution < -0.4 is 5.32 Å². The Morgan fingerprint density at radius 3 is 2.60 bits per heavy atom. The lowest BCUT2D eigenvalue weighted by molar-refractivity contribution is 0.0374. The first-order valence-corrected chi connectivity index (χ1v) is 6.75. The van der Waals surface area contributed by atoms with Gasteiger partial charge < -0.3 is 10.1 Å². The van der Waals surface area contributed by atoms with Gasteiger partial charge in [-0.1, -0.05) is 0 Å². The van der Waals surface area contributed by atoms with Crippen LogP contribution in [0, 0.1) is 6.92 Å². The smallest absolute Gasteiger partial charge is 0.0594 e. The Bertz CT molecular complexity index is 348. The van der Waals surface area contributed by atoms with Crippen LogP contribution in [0.25, 0.3) is 0 Å². The van der Waals surface area contributed by atoms with Crippen LogP contribution in [-0.2, 0) is 18.3 Å². The highest BCUT2D eigenvalue weighted by atomic mass is 35.5. The van der Waals surface area contributed by atoms with Crippen LogP contribution in [-0.4, -0.2) is 54.1 Å². The topological polar surface area (TPSA) is 42.3 Å². The Balaban J connectivity index is 0.00000180. The zero-order chi connectivity index (χ0) is 12.8. The number of aromatic nitrogens is 2. The fourth-order valence-corrected chi connectivity index (χ4v) is 2.29. The minimum atomic E-state index is 0. The average molecular weight is 325 g/mol. The number of hydrogen-bond donors (Lipinski definition) is 1. The molecular formula is C13H26Cl2N4O.